The van der Waals surface area contributed by atoms with E-state index in [4.69, 9.17) is 16.6 Å². The van der Waals surface area contributed by atoms with Crippen molar-refractivity contribution < 1.29 is 9.53 Å². The van der Waals surface area contributed by atoms with Gasteiger partial charge in [0.25, 0.3) is 0 Å². The second-order valence-electron chi connectivity index (χ2n) is 1.28. The maximum Gasteiger partial charge on any atom is 0.359 e. The van der Waals surface area contributed by atoms with Gasteiger partial charge in [-0.25, -0.2) is 4.79 Å². The number of rotatable bonds is 2. The first-order valence-corrected chi connectivity index (χ1v) is 2.11. The summed E-state index contributed by atoms with van der Waals surface area (Å²) in [6, 6.07) is 0. The van der Waals surface area contributed by atoms with E-state index in [0.717, 1.165) is 7.11 Å². The minimum atomic E-state index is -0.887. The molecule has 0 aliphatic carbocycles. The fourth-order valence-electron chi connectivity index (χ4n) is 0.212. The van der Waals surface area contributed by atoms with Gasteiger partial charge in [0.15, 0.2) is 5.71 Å². The highest BCUT2D eigenvalue weighted by atomic mass is 16.5. The molecular weight excluding hydrogens is 122 g/mol. The van der Waals surface area contributed by atoms with Gasteiger partial charge in [0.1, 0.15) is 5.84 Å². The molecule has 0 aromatic heterocycles. The number of methoxy groups -OCH3 is 1. The van der Waals surface area contributed by atoms with Crippen LogP contribution in [0, 0.1) is 10.8 Å². The van der Waals surface area contributed by atoms with Crippen molar-refractivity contribution in [3.8, 4) is 0 Å². The number of nitrogens with two attached hydrogens (primary N) is 1. The average Bonchev–Trinajstić information content (AvgIpc) is 1.84. The number of nitrogens with one attached hydrogen (secondary N) is 2. The quantitative estimate of drug-likeness (QED) is 0.256. The minimum Gasteiger partial charge on any atom is -0.464 e. The topological polar surface area (TPSA) is 100 Å². The van der Waals surface area contributed by atoms with Gasteiger partial charge in [-0.15, -0.1) is 0 Å². The van der Waals surface area contributed by atoms with Crippen LogP contribution >= 0.6 is 0 Å². The van der Waals surface area contributed by atoms with Gasteiger partial charge in [0, 0.05) is 0 Å². The van der Waals surface area contributed by atoms with Crippen LogP contribution in [-0.2, 0) is 9.53 Å². The molecule has 0 fully saturated rings. The van der Waals surface area contributed by atoms with Crippen molar-refractivity contribution in [1.29, 1.82) is 10.8 Å². The summed E-state index contributed by atoms with van der Waals surface area (Å²) in [6.07, 6.45) is 0. The number of hydrogen-bond acceptors (Lipinski definition) is 4. The lowest BCUT2D eigenvalue weighted by atomic mass is 10.3. The van der Waals surface area contributed by atoms with E-state index in [1.807, 2.05) is 0 Å². The standard InChI is InChI=1S/C4H7N3O2/c1-9-4(8)2(5)3(6)7/h5H,1H3,(H3,6,7). The SMILES string of the molecule is COC(=O)C(=N)C(=N)N. The first-order chi connectivity index (χ1) is 4.09. The van der Waals surface area contributed by atoms with Gasteiger partial charge in [-0.2, -0.15) is 0 Å². The van der Waals surface area contributed by atoms with Gasteiger partial charge >= 0.3 is 5.97 Å². The molecule has 0 aromatic rings. The monoisotopic (exact) mass is 129 g/mol. The van der Waals surface area contributed by atoms with Crippen molar-refractivity contribution in [2.24, 2.45) is 5.73 Å². The smallest absolute Gasteiger partial charge is 0.359 e. The highest BCUT2D eigenvalue weighted by Gasteiger charge is 2.10. The van der Waals surface area contributed by atoms with Crippen LogP contribution in [0.25, 0.3) is 0 Å². The van der Waals surface area contributed by atoms with Gasteiger partial charge in [-0.1, -0.05) is 0 Å². The maximum atomic E-state index is 10.3. The minimum absolute atomic E-state index is 0.582. The number of carbonyl (C=O) groups excluding carboxylic acids is 1. The van der Waals surface area contributed by atoms with E-state index >= 15 is 0 Å². The van der Waals surface area contributed by atoms with Crippen LogP contribution in [0.15, 0.2) is 0 Å². The molecule has 0 saturated carbocycles. The summed E-state index contributed by atoms with van der Waals surface area (Å²) >= 11 is 0. The Morgan fingerprint density at radius 3 is 2.11 bits per heavy atom. The van der Waals surface area contributed by atoms with E-state index in [1.165, 1.54) is 0 Å². The van der Waals surface area contributed by atoms with Crippen LogP contribution in [0.3, 0.4) is 0 Å². The third-order valence-electron chi connectivity index (χ3n) is 0.659. The molecule has 5 nitrogen and oxygen atoms in total. The van der Waals surface area contributed by atoms with Gasteiger partial charge < -0.3 is 10.5 Å². The van der Waals surface area contributed by atoms with Crippen LogP contribution in [0.2, 0.25) is 0 Å². The Bertz CT molecular complexity index is 163. The molecule has 0 heterocycles. The Kier molecular flexibility index (Phi) is 2.37. The summed E-state index contributed by atoms with van der Waals surface area (Å²) < 4.78 is 4.09. The molecule has 50 valence electrons. The molecule has 0 bridgehead atoms. The van der Waals surface area contributed by atoms with E-state index < -0.39 is 17.5 Å². The molecule has 0 atom stereocenters. The lowest BCUT2D eigenvalue weighted by Gasteiger charge is -1.95. The second kappa shape index (κ2) is 2.81. The number of hydrogen-bond donors (Lipinski definition) is 3. The van der Waals surface area contributed by atoms with Crippen LogP contribution < -0.4 is 5.73 Å². The van der Waals surface area contributed by atoms with Gasteiger partial charge in [0.05, 0.1) is 7.11 Å². The molecule has 4 N–H and O–H groups in total. The molecule has 0 saturated heterocycles. The molecule has 9 heavy (non-hydrogen) atoms. The zero-order chi connectivity index (χ0) is 7.44. The van der Waals surface area contributed by atoms with Crippen molar-refractivity contribution in [3.05, 3.63) is 0 Å². The summed E-state index contributed by atoms with van der Waals surface area (Å²) in [5.74, 6) is -1.47. The molecule has 0 rings (SSSR count). The van der Waals surface area contributed by atoms with Crippen molar-refractivity contribution >= 4 is 17.5 Å². The second-order valence-corrected chi connectivity index (χ2v) is 1.28. The number of carbonyl (C=O) groups is 1. The Morgan fingerprint density at radius 1 is 1.56 bits per heavy atom. The average molecular weight is 129 g/mol. The summed E-state index contributed by atoms with van der Waals surface area (Å²) in [7, 11) is 1.12. The zero-order valence-electron chi connectivity index (χ0n) is 4.89. The Morgan fingerprint density at radius 2 is 2.00 bits per heavy atom. The maximum absolute atomic E-state index is 10.3. The molecular formula is C4H7N3O2. The largest absolute Gasteiger partial charge is 0.464 e. The third kappa shape index (κ3) is 1.89. The van der Waals surface area contributed by atoms with Gasteiger partial charge in [0.2, 0.25) is 0 Å². The van der Waals surface area contributed by atoms with E-state index in [-0.39, 0.29) is 0 Å². The summed E-state index contributed by atoms with van der Waals surface area (Å²) in [4.78, 5) is 10.3. The van der Waals surface area contributed by atoms with Crippen LogP contribution in [0.1, 0.15) is 0 Å². The summed E-state index contributed by atoms with van der Waals surface area (Å²) in [5, 5.41) is 13.3. The molecule has 0 aromatic carbocycles. The van der Waals surface area contributed by atoms with Crippen molar-refractivity contribution in [1.82, 2.24) is 0 Å². The van der Waals surface area contributed by atoms with Gasteiger partial charge in [-0.3, -0.25) is 10.8 Å². The number of esters is 1. The van der Waals surface area contributed by atoms with Crippen molar-refractivity contribution in [2.45, 2.75) is 0 Å². The lowest BCUT2D eigenvalue weighted by Crippen LogP contribution is -2.29. The molecule has 0 spiro atoms. The predicted molar refractivity (Wildman–Crippen MR) is 31.7 cm³/mol. The fraction of sp³-hybridized carbons (Fsp3) is 0.250. The van der Waals surface area contributed by atoms with E-state index in [1.54, 1.807) is 0 Å². The molecule has 0 aliphatic rings. The van der Waals surface area contributed by atoms with Crippen molar-refractivity contribution in [2.75, 3.05) is 7.11 Å². The Labute approximate surface area is 51.8 Å². The van der Waals surface area contributed by atoms with Crippen LogP contribution in [-0.4, -0.2) is 24.6 Å². The van der Waals surface area contributed by atoms with Gasteiger partial charge in [-0.05, 0) is 0 Å². The number of ether oxygens (including phenoxy) is 1. The first-order valence-electron chi connectivity index (χ1n) is 2.11. The summed E-state index contributed by atoms with van der Waals surface area (Å²) in [6.45, 7) is 0. The molecule has 0 aliphatic heterocycles. The molecule has 0 radical (unpaired) electrons. The molecule has 0 unspecified atom stereocenters. The first kappa shape index (κ1) is 7.61. The van der Waals surface area contributed by atoms with Crippen LogP contribution in [0.4, 0.5) is 0 Å². The third-order valence-corrected chi connectivity index (χ3v) is 0.659. The zero-order valence-corrected chi connectivity index (χ0v) is 4.89. The molecule has 0 amide bonds. The van der Waals surface area contributed by atoms with Crippen LogP contribution in [0.5, 0.6) is 0 Å². The van der Waals surface area contributed by atoms with Crippen molar-refractivity contribution in [3.63, 3.8) is 0 Å². The Hall–Kier alpha value is -1.39. The Balaban J connectivity index is 4.05. The van der Waals surface area contributed by atoms with E-state index in [0.29, 0.717) is 0 Å². The number of amidine groups is 1. The highest BCUT2D eigenvalue weighted by Crippen LogP contribution is 1.76. The van der Waals surface area contributed by atoms with E-state index in [9.17, 15) is 4.79 Å². The lowest BCUT2D eigenvalue weighted by molar-refractivity contribution is -0.132. The summed E-state index contributed by atoms with van der Waals surface area (Å²) in [5.41, 5.74) is 4.16. The predicted octanol–water partition coefficient (Wildman–Crippen LogP) is -0.885. The highest BCUT2D eigenvalue weighted by molar-refractivity contribution is 6.63. The molecule has 5 heteroatoms. The normalized spacial score (nSPS) is 8.11. The fourth-order valence-corrected chi connectivity index (χ4v) is 0.212. The van der Waals surface area contributed by atoms with E-state index in [2.05, 4.69) is 4.74 Å².